The summed E-state index contributed by atoms with van der Waals surface area (Å²) in [6, 6.07) is 7.68. The normalized spacial score (nSPS) is 19.1. The van der Waals surface area contributed by atoms with Gasteiger partial charge in [0.15, 0.2) is 11.3 Å². The van der Waals surface area contributed by atoms with Crippen LogP contribution in [0.1, 0.15) is 42.9 Å². The highest BCUT2D eigenvalue weighted by Crippen LogP contribution is 2.29. The van der Waals surface area contributed by atoms with Gasteiger partial charge in [0, 0.05) is 5.56 Å². The number of benzene rings is 1. The Morgan fingerprint density at radius 3 is 2.93 bits per heavy atom. The molecule has 1 aliphatic heterocycles. The molecule has 0 aliphatic carbocycles. The van der Waals surface area contributed by atoms with Gasteiger partial charge in [-0.2, -0.15) is 0 Å². The number of halogens is 1. The maximum atomic E-state index is 13.8. The Morgan fingerprint density at radius 2 is 2.11 bits per heavy atom. The smallest absolute Gasteiger partial charge is 0.272 e. The van der Waals surface area contributed by atoms with Gasteiger partial charge in [-0.1, -0.05) is 0 Å². The van der Waals surface area contributed by atoms with Crippen molar-refractivity contribution in [1.82, 2.24) is 19.9 Å². The summed E-state index contributed by atoms with van der Waals surface area (Å²) in [7, 11) is 0. The van der Waals surface area contributed by atoms with E-state index in [-0.39, 0.29) is 24.4 Å². The molecular formula is C19H20FN5O2. The van der Waals surface area contributed by atoms with Crippen LogP contribution in [0.4, 0.5) is 10.2 Å². The summed E-state index contributed by atoms with van der Waals surface area (Å²) in [5, 5.41) is 10.7. The van der Waals surface area contributed by atoms with Gasteiger partial charge in [0.25, 0.3) is 5.91 Å². The van der Waals surface area contributed by atoms with Crippen molar-refractivity contribution < 1.29 is 13.9 Å². The molecule has 0 saturated carbocycles. The summed E-state index contributed by atoms with van der Waals surface area (Å²) in [6.07, 6.45) is 1.49. The Bertz CT molecular complexity index is 1030. The summed E-state index contributed by atoms with van der Waals surface area (Å²) < 4.78 is 21.3. The summed E-state index contributed by atoms with van der Waals surface area (Å²) in [5.41, 5.74) is 0.907. The minimum absolute atomic E-state index is 0.219. The summed E-state index contributed by atoms with van der Waals surface area (Å²) in [6.45, 7) is 5.84. The molecule has 0 spiro atoms. The Balaban J connectivity index is 1.85. The zero-order valence-electron chi connectivity index (χ0n) is 15.3. The molecule has 2 N–H and O–H groups in total. The first-order valence-electron chi connectivity index (χ1n) is 8.68. The average Bonchev–Trinajstić information content (AvgIpc) is 3.03. The highest BCUT2D eigenvalue weighted by Gasteiger charge is 2.26. The Hall–Kier alpha value is -3.16. The van der Waals surface area contributed by atoms with Crippen LogP contribution in [0, 0.1) is 5.82 Å². The minimum atomic E-state index is -0.658. The van der Waals surface area contributed by atoms with Gasteiger partial charge < -0.3 is 15.4 Å². The van der Waals surface area contributed by atoms with Crippen molar-refractivity contribution in [1.29, 1.82) is 0 Å². The zero-order valence-corrected chi connectivity index (χ0v) is 15.3. The number of ether oxygens (including phenoxy) is 1. The summed E-state index contributed by atoms with van der Waals surface area (Å²) in [4.78, 5) is 17.0. The van der Waals surface area contributed by atoms with Crippen molar-refractivity contribution in [3.05, 3.63) is 53.6 Å². The molecule has 4 rings (SSSR count). The monoisotopic (exact) mass is 369 g/mol. The molecule has 0 unspecified atom stereocenters. The minimum Gasteiger partial charge on any atom is -0.491 e. The number of carbonyl (C=O) groups is 1. The first-order chi connectivity index (χ1) is 12.8. The lowest BCUT2D eigenvalue weighted by Crippen LogP contribution is -2.48. The van der Waals surface area contributed by atoms with Crippen LogP contribution in [0.5, 0.6) is 5.75 Å². The van der Waals surface area contributed by atoms with Crippen molar-refractivity contribution in [2.24, 2.45) is 0 Å². The fourth-order valence-electron chi connectivity index (χ4n) is 3.06. The number of rotatable bonds is 0. The number of anilines is 1. The van der Waals surface area contributed by atoms with Crippen LogP contribution in [0.25, 0.3) is 5.65 Å². The van der Waals surface area contributed by atoms with E-state index in [1.807, 2.05) is 20.8 Å². The number of amides is 1. The molecule has 1 aromatic carbocycles. The molecule has 0 radical (unpaired) electrons. The van der Waals surface area contributed by atoms with E-state index in [4.69, 9.17) is 4.74 Å². The number of fused-ring (bicyclic) bond motifs is 2. The SMILES string of the molecule is C[C@H]1Nc2ccc3ncc(n3n2)C(=O)NC(C)(C)COc2ccc(F)cc21. The van der Waals surface area contributed by atoms with Gasteiger partial charge in [-0.25, -0.2) is 13.9 Å². The Labute approximate surface area is 155 Å². The van der Waals surface area contributed by atoms with E-state index >= 15 is 0 Å². The van der Waals surface area contributed by atoms with Crippen molar-refractivity contribution in [3.63, 3.8) is 0 Å². The van der Waals surface area contributed by atoms with Gasteiger partial charge >= 0.3 is 0 Å². The molecule has 2 aromatic heterocycles. The van der Waals surface area contributed by atoms with Crippen molar-refractivity contribution in [2.75, 3.05) is 11.9 Å². The quantitative estimate of drug-likeness (QED) is 0.637. The van der Waals surface area contributed by atoms with E-state index < -0.39 is 5.54 Å². The number of hydrogen-bond donors (Lipinski definition) is 2. The first kappa shape index (κ1) is 17.3. The second-order valence-corrected chi connectivity index (χ2v) is 7.31. The van der Waals surface area contributed by atoms with Crippen LogP contribution >= 0.6 is 0 Å². The van der Waals surface area contributed by atoms with Crippen LogP contribution in [0.3, 0.4) is 0 Å². The predicted molar refractivity (Wildman–Crippen MR) is 98.5 cm³/mol. The number of nitrogens with zero attached hydrogens (tertiary/aromatic N) is 3. The third-order valence-electron chi connectivity index (χ3n) is 4.44. The zero-order chi connectivity index (χ0) is 19.2. The fraction of sp³-hybridized carbons (Fsp3) is 0.316. The van der Waals surface area contributed by atoms with Gasteiger partial charge in [0.1, 0.15) is 24.0 Å². The van der Waals surface area contributed by atoms with Crippen LogP contribution in [0.2, 0.25) is 0 Å². The molecule has 3 heterocycles. The molecule has 0 saturated heterocycles. The average molecular weight is 369 g/mol. The van der Waals surface area contributed by atoms with E-state index in [0.29, 0.717) is 28.5 Å². The maximum Gasteiger partial charge on any atom is 0.272 e. The first-order valence-corrected chi connectivity index (χ1v) is 8.68. The Morgan fingerprint density at radius 1 is 1.30 bits per heavy atom. The summed E-state index contributed by atoms with van der Waals surface area (Å²) in [5.74, 6) is 0.451. The van der Waals surface area contributed by atoms with E-state index in [1.54, 1.807) is 18.2 Å². The number of imidazole rings is 1. The molecule has 3 aromatic rings. The van der Waals surface area contributed by atoms with Gasteiger partial charge in [-0.05, 0) is 51.1 Å². The number of aromatic nitrogens is 3. The number of hydrogen-bond acceptors (Lipinski definition) is 5. The van der Waals surface area contributed by atoms with E-state index in [2.05, 4.69) is 20.7 Å². The third kappa shape index (κ3) is 3.30. The lowest BCUT2D eigenvalue weighted by molar-refractivity contribution is 0.0873. The number of nitrogens with one attached hydrogen (secondary N) is 2. The fourth-order valence-corrected chi connectivity index (χ4v) is 3.06. The van der Waals surface area contributed by atoms with Gasteiger partial charge in [0.2, 0.25) is 0 Å². The molecule has 1 aliphatic rings. The lowest BCUT2D eigenvalue weighted by Gasteiger charge is -2.27. The van der Waals surface area contributed by atoms with Gasteiger partial charge in [-0.3, -0.25) is 4.79 Å². The third-order valence-corrected chi connectivity index (χ3v) is 4.44. The van der Waals surface area contributed by atoms with E-state index in [9.17, 15) is 9.18 Å². The molecule has 0 fully saturated rings. The van der Waals surface area contributed by atoms with E-state index in [0.717, 1.165) is 0 Å². The standard InChI is InChI=1S/C19H20FN5O2/c1-11-13-8-12(20)4-5-15(13)27-10-19(2,3)23-18(26)14-9-21-17-7-6-16(22-11)24-25(14)17/h4-9,11H,10H2,1-3H3,(H,22,24)(H,23,26)/t11-/m1/s1. The van der Waals surface area contributed by atoms with Crippen LogP contribution < -0.4 is 15.4 Å². The van der Waals surface area contributed by atoms with Crippen molar-refractivity contribution in [3.8, 4) is 5.75 Å². The predicted octanol–water partition coefficient (Wildman–Crippen LogP) is 2.94. The van der Waals surface area contributed by atoms with Crippen LogP contribution in [0.15, 0.2) is 36.5 Å². The maximum absolute atomic E-state index is 13.8. The molecule has 140 valence electrons. The second kappa shape index (κ2) is 6.22. The Kier molecular flexibility index (Phi) is 3.98. The highest BCUT2D eigenvalue weighted by molar-refractivity contribution is 5.93. The highest BCUT2D eigenvalue weighted by atomic mass is 19.1. The molecule has 1 amide bonds. The lowest BCUT2D eigenvalue weighted by atomic mass is 10.1. The molecular weight excluding hydrogens is 349 g/mol. The molecule has 27 heavy (non-hydrogen) atoms. The second-order valence-electron chi connectivity index (χ2n) is 7.31. The molecule has 2 bridgehead atoms. The largest absolute Gasteiger partial charge is 0.491 e. The van der Waals surface area contributed by atoms with E-state index in [1.165, 1.54) is 22.8 Å². The van der Waals surface area contributed by atoms with Gasteiger partial charge in [0.05, 0.1) is 17.8 Å². The van der Waals surface area contributed by atoms with Crippen molar-refractivity contribution in [2.45, 2.75) is 32.4 Å². The summed E-state index contributed by atoms with van der Waals surface area (Å²) >= 11 is 0. The molecule has 1 atom stereocenters. The van der Waals surface area contributed by atoms with Crippen LogP contribution in [-0.4, -0.2) is 32.7 Å². The number of carbonyl (C=O) groups excluding carboxylic acids is 1. The van der Waals surface area contributed by atoms with Crippen LogP contribution in [-0.2, 0) is 0 Å². The molecule has 8 heteroatoms. The topological polar surface area (TPSA) is 80.5 Å². The molecule has 7 nitrogen and oxygen atoms in total. The van der Waals surface area contributed by atoms with Gasteiger partial charge in [-0.15, -0.1) is 5.10 Å². The van der Waals surface area contributed by atoms with Crippen molar-refractivity contribution >= 4 is 17.4 Å².